The number of benzene rings is 1. The molecule has 0 aliphatic carbocycles. The first-order valence-corrected chi connectivity index (χ1v) is 8.10. The molecule has 1 rings (SSSR count). The van der Waals surface area contributed by atoms with Crippen molar-refractivity contribution in [3.05, 3.63) is 35.1 Å². The van der Waals surface area contributed by atoms with Crippen LogP contribution < -0.4 is 5.73 Å². The third-order valence-corrected chi connectivity index (χ3v) is 3.77. The largest absolute Gasteiger partial charge is 0.389 e. The summed E-state index contributed by atoms with van der Waals surface area (Å²) in [5.74, 6) is -0.321. The average molecular weight is 304 g/mol. The van der Waals surface area contributed by atoms with Gasteiger partial charge in [0.1, 0.15) is 20.6 Å². The number of nitrogens with zero attached hydrogens (tertiary/aromatic N) is 1. The van der Waals surface area contributed by atoms with Gasteiger partial charge in [0.15, 0.2) is 0 Å². The van der Waals surface area contributed by atoms with Gasteiger partial charge >= 0.3 is 0 Å². The van der Waals surface area contributed by atoms with Crippen molar-refractivity contribution in [1.82, 2.24) is 4.90 Å². The van der Waals surface area contributed by atoms with Crippen molar-refractivity contribution in [3.63, 3.8) is 0 Å². The number of hydrogen-bond donors (Lipinski definition) is 1. The molecule has 0 aromatic heterocycles. The Balaban J connectivity index is 2.79. The molecule has 0 spiro atoms. The molecule has 0 heterocycles. The normalized spacial score (nSPS) is 11.8. The molecule has 0 amide bonds. The van der Waals surface area contributed by atoms with Gasteiger partial charge in [0.25, 0.3) is 0 Å². The highest BCUT2D eigenvalue weighted by atomic mass is 32.2. The maximum Gasteiger partial charge on any atom is 0.148 e. The molecule has 0 aliphatic rings. The van der Waals surface area contributed by atoms with Crippen LogP contribution in [-0.2, 0) is 16.4 Å². The zero-order valence-electron chi connectivity index (χ0n) is 10.9. The van der Waals surface area contributed by atoms with Gasteiger partial charge in [-0.1, -0.05) is 18.3 Å². The van der Waals surface area contributed by atoms with Crippen LogP contribution in [0.1, 0.15) is 11.1 Å². The first kappa shape index (κ1) is 16.0. The number of rotatable bonds is 6. The average Bonchev–Trinajstić information content (AvgIpc) is 2.28. The molecule has 0 fully saturated rings. The molecule has 2 N–H and O–H groups in total. The highest BCUT2D eigenvalue weighted by Gasteiger charge is 2.11. The lowest BCUT2D eigenvalue weighted by Gasteiger charge is -2.18. The van der Waals surface area contributed by atoms with E-state index in [1.165, 1.54) is 18.4 Å². The molecular weight excluding hydrogens is 287 g/mol. The number of nitrogens with two attached hydrogens (primary N) is 1. The van der Waals surface area contributed by atoms with Gasteiger partial charge in [-0.05, 0) is 24.7 Å². The molecular formula is C12H17FN2O2S2. The maximum absolute atomic E-state index is 13.1. The summed E-state index contributed by atoms with van der Waals surface area (Å²) in [5.41, 5.74) is 6.82. The van der Waals surface area contributed by atoms with Crippen LogP contribution in [0.25, 0.3) is 0 Å². The molecule has 19 heavy (non-hydrogen) atoms. The van der Waals surface area contributed by atoms with E-state index in [-0.39, 0.29) is 10.7 Å². The Labute approximate surface area is 118 Å². The fourth-order valence-electron chi connectivity index (χ4n) is 1.61. The molecule has 1 aromatic carbocycles. The van der Waals surface area contributed by atoms with E-state index in [0.717, 1.165) is 5.56 Å². The fourth-order valence-corrected chi connectivity index (χ4v) is 2.44. The highest BCUT2D eigenvalue weighted by Crippen LogP contribution is 2.13. The van der Waals surface area contributed by atoms with E-state index in [9.17, 15) is 12.8 Å². The molecule has 7 heteroatoms. The fraction of sp³-hybridized carbons (Fsp3) is 0.417. The minimum Gasteiger partial charge on any atom is -0.389 e. The summed E-state index contributed by atoms with van der Waals surface area (Å²) in [7, 11) is -1.21. The van der Waals surface area contributed by atoms with Crippen molar-refractivity contribution in [2.24, 2.45) is 5.73 Å². The first-order valence-electron chi connectivity index (χ1n) is 5.63. The summed E-state index contributed by atoms with van der Waals surface area (Å²) in [4.78, 5) is 1.96. The van der Waals surface area contributed by atoms with Crippen LogP contribution in [0.2, 0.25) is 0 Å². The lowest BCUT2D eigenvalue weighted by molar-refractivity contribution is 0.346. The summed E-state index contributed by atoms with van der Waals surface area (Å²) < 4.78 is 35.3. The van der Waals surface area contributed by atoms with Gasteiger partial charge in [0.2, 0.25) is 0 Å². The van der Waals surface area contributed by atoms with Gasteiger partial charge in [-0.15, -0.1) is 0 Å². The summed E-state index contributed by atoms with van der Waals surface area (Å²) >= 11 is 4.88. The molecule has 0 unspecified atom stereocenters. The van der Waals surface area contributed by atoms with Crippen LogP contribution >= 0.6 is 12.2 Å². The lowest BCUT2D eigenvalue weighted by atomic mass is 10.1. The zero-order valence-corrected chi connectivity index (χ0v) is 12.5. The lowest BCUT2D eigenvalue weighted by Crippen LogP contribution is -2.26. The predicted molar refractivity (Wildman–Crippen MR) is 78.3 cm³/mol. The van der Waals surface area contributed by atoms with E-state index in [2.05, 4.69) is 0 Å². The molecule has 0 saturated carbocycles. The van der Waals surface area contributed by atoms with E-state index >= 15 is 0 Å². The van der Waals surface area contributed by atoms with Crippen LogP contribution in [0.15, 0.2) is 18.2 Å². The van der Waals surface area contributed by atoms with Gasteiger partial charge in [0, 0.05) is 24.9 Å². The van der Waals surface area contributed by atoms with Gasteiger partial charge in [-0.2, -0.15) is 0 Å². The van der Waals surface area contributed by atoms with E-state index in [1.54, 1.807) is 13.1 Å². The van der Waals surface area contributed by atoms with Crippen LogP contribution in [-0.4, -0.2) is 43.9 Å². The first-order chi connectivity index (χ1) is 8.69. The molecule has 106 valence electrons. The van der Waals surface area contributed by atoms with Crippen molar-refractivity contribution in [2.45, 2.75) is 6.54 Å². The number of thiocarbonyl (C=S) groups is 1. The second kappa shape index (κ2) is 6.40. The van der Waals surface area contributed by atoms with Crippen molar-refractivity contribution >= 4 is 27.0 Å². The van der Waals surface area contributed by atoms with Gasteiger partial charge in [-0.3, -0.25) is 0 Å². The summed E-state index contributed by atoms with van der Waals surface area (Å²) in [6.45, 7) is 0.857. The van der Waals surface area contributed by atoms with Crippen molar-refractivity contribution in [1.29, 1.82) is 0 Å². The third kappa shape index (κ3) is 5.63. The Morgan fingerprint density at radius 3 is 2.63 bits per heavy atom. The molecule has 0 atom stereocenters. The quantitative estimate of drug-likeness (QED) is 0.792. The number of hydrogen-bond acceptors (Lipinski definition) is 4. The topological polar surface area (TPSA) is 63.4 Å². The van der Waals surface area contributed by atoms with E-state index < -0.39 is 15.7 Å². The summed E-state index contributed by atoms with van der Waals surface area (Å²) in [6.07, 6.45) is 1.19. The molecule has 0 radical (unpaired) electrons. The van der Waals surface area contributed by atoms with Crippen LogP contribution in [0.4, 0.5) is 4.39 Å². The smallest absolute Gasteiger partial charge is 0.148 e. The standard InChI is InChI=1S/C12H17FN2O2S2/c1-15(5-6-19(2,16)17)8-9-3-4-10(13)7-11(9)12(14)18/h3-4,7H,5-6,8H2,1-2H3,(H2,14,18). The molecule has 1 aromatic rings. The van der Waals surface area contributed by atoms with Crippen LogP contribution in [0.5, 0.6) is 0 Å². The molecule has 0 aliphatic heterocycles. The third-order valence-electron chi connectivity index (χ3n) is 2.62. The van der Waals surface area contributed by atoms with Crippen LogP contribution in [0.3, 0.4) is 0 Å². The number of halogens is 1. The van der Waals surface area contributed by atoms with Crippen molar-refractivity contribution in [3.8, 4) is 0 Å². The maximum atomic E-state index is 13.1. The van der Waals surface area contributed by atoms with Gasteiger partial charge in [0.05, 0.1) is 5.75 Å². The minimum absolute atomic E-state index is 0.0765. The van der Waals surface area contributed by atoms with Crippen LogP contribution in [0, 0.1) is 5.82 Å². The Kier molecular flexibility index (Phi) is 5.39. The Hall–Kier alpha value is -1.05. The number of sulfone groups is 1. The monoisotopic (exact) mass is 304 g/mol. The minimum atomic E-state index is -3.00. The second-order valence-corrected chi connectivity index (χ2v) is 7.23. The molecule has 0 saturated heterocycles. The summed E-state index contributed by atoms with van der Waals surface area (Å²) in [5, 5.41) is 0. The van der Waals surface area contributed by atoms with Crippen molar-refractivity contribution in [2.75, 3.05) is 25.6 Å². The highest BCUT2D eigenvalue weighted by molar-refractivity contribution is 7.90. The van der Waals surface area contributed by atoms with Crippen molar-refractivity contribution < 1.29 is 12.8 Å². The molecule has 0 bridgehead atoms. The Bertz CT molecular complexity index is 573. The SMILES string of the molecule is CN(CCS(C)(=O)=O)Cc1ccc(F)cc1C(N)=S. The second-order valence-electron chi connectivity index (χ2n) is 4.53. The van der Waals surface area contributed by atoms with E-state index in [4.69, 9.17) is 18.0 Å². The predicted octanol–water partition coefficient (Wildman–Crippen LogP) is 0.936. The molecule has 4 nitrogen and oxygen atoms in total. The van der Waals surface area contributed by atoms with Gasteiger partial charge in [-0.25, -0.2) is 12.8 Å². The summed E-state index contributed by atoms with van der Waals surface area (Å²) in [6, 6.07) is 4.24. The Morgan fingerprint density at radius 2 is 2.11 bits per heavy atom. The van der Waals surface area contributed by atoms with E-state index in [1.807, 2.05) is 4.90 Å². The van der Waals surface area contributed by atoms with E-state index in [0.29, 0.717) is 18.7 Å². The Morgan fingerprint density at radius 1 is 1.47 bits per heavy atom. The van der Waals surface area contributed by atoms with Gasteiger partial charge < -0.3 is 10.6 Å². The zero-order chi connectivity index (χ0) is 14.6.